The van der Waals surface area contributed by atoms with Gasteiger partial charge in [-0.05, 0) is 43.7 Å². The summed E-state index contributed by atoms with van der Waals surface area (Å²) in [7, 11) is 1.35. The third-order valence-corrected chi connectivity index (χ3v) is 7.18. The molecule has 0 saturated heterocycles. The van der Waals surface area contributed by atoms with Gasteiger partial charge in [0.25, 0.3) is 0 Å². The molecule has 0 radical (unpaired) electrons. The number of benzene rings is 1. The Morgan fingerprint density at radius 1 is 1.35 bits per heavy atom. The molecule has 0 unspecified atom stereocenters. The van der Waals surface area contributed by atoms with Gasteiger partial charge in [0.2, 0.25) is 5.91 Å². The lowest BCUT2D eigenvalue weighted by molar-refractivity contribution is -0.385. The van der Waals surface area contributed by atoms with Crippen molar-refractivity contribution in [2.45, 2.75) is 37.8 Å². The van der Waals surface area contributed by atoms with Crippen LogP contribution < -0.4 is 15.8 Å². The molecule has 0 saturated carbocycles. The van der Waals surface area contributed by atoms with Gasteiger partial charge in [-0.25, -0.2) is 9.97 Å². The number of thioether (sulfide) groups is 1. The van der Waals surface area contributed by atoms with Crippen LogP contribution in [0.25, 0.3) is 10.2 Å². The number of carbonyl (C=O) groups excluding carboxylic acids is 1. The Morgan fingerprint density at radius 2 is 2.13 bits per heavy atom. The summed E-state index contributed by atoms with van der Waals surface area (Å²) in [5.74, 6) is 0.344. The van der Waals surface area contributed by atoms with Gasteiger partial charge in [-0.2, -0.15) is 0 Å². The molecule has 11 heteroatoms. The molecule has 0 atom stereocenters. The zero-order valence-corrected chi connectivity index (χ0v) is 18.7. The van der Waals surface area contributed by atoms with Crippen LogP contribution in [-0.2, 0) is 17.6 Å². The van der Waals surface area contributed by atoms with E-state index in [2.05, 4.69) is 15.3 Å². The number of rotatable bonds is 6. The SMILES string of the molecule is COc1cc(NC(=O)CSc2nc(N)c3c4c(sc3n2)CCCC4)c(C)cc1[N+](=O)[O-]. The smallest absolute Gasteiger partial charge is 0.311 e. The van der Waals surface area contributed by atoms with E-state index >= 15 is 0 Å². The molecule has 31 heavy (non-hydrogen) atoms. The average Bonchev–Trinajstić information content (AvgIpc) is 3.12. The molecule has 2 aromatic heterocycles. The Hall–Kier alpha value is -2.92. The molecular weight excluding hydrogens is 438 g/mol. The Balaban J connectivity index is 1.48. The number of hydrogen-bond donors (Lipinski definition) is 2. The first-order chi connectivity index (χ1) is 14.9. The van der Waals surface area contributed by atoms with Crippen LogP contribution in [0.15, 0.2) is 17.3 Å². The number of methoxy groups -OCH3 is 1. The van der Waals surface area contributed by atoms with Crippen molar-refractivity contribution in [1.82, 2.24) is 9.97 Å². The van der Waals surface area contributed by atoms with Crippen molar-refractivity contribution in [3.8, 4) is 5.75 Å². The van der Waals surface area contributed by atoms with Gasteiger partial charge in [-0.1, -0.05) is 11.8 Å². The van der Waals surface area contributed by atoms with E-state index in [9.17, 15) is 14.9 Å². The van der Waals surface area contributed by atoms with Crippen molar-refractivity contribution in [2.75, 3.05) is 23.9 Å². The minimum absolute atomic E-state index is 0.0782. The van der Waals surface area contributed by atoms with Crippen molar-refractivity contribution in [1.29, 1.82) is 0 Å². The number of amides is 1. The number of nitrogens with zero attached hydrogens (tertiary/aromatic N) is 3. The maximum absolute atomic E-state index is 12.5. The van der Waals surface area contributed by atoms with Gasteiger partial charge in [0.05, 0.1) is 23.2 Å². The summed E-state index contributed by atoms with van der Waals surface area (Å²) in [6.45, 7) is 1.69. The minimum Gasteiger partial charge on any atom is -0.490 e. The summed E-state index contributed by atoms with van der Waals surface area (Å²) in [5, 5.41) is 15.3. The Bertz CT molecular complexity index is 1190. The predicted molar refractivity (Wildman–Crippen MR) is 122 cm³/mol. The predicted octanol–water partition coefficient (Wildman–Crippen LogP) is 4.11. The van der Waals surface area contributed by atoms with E-state index in [0.29, 0.717) is 22.2 Å². The first-order valence-corrected chi connectivity index (χ1v) is 11.5. The third kappa shape index (κ3) is 4.28. The van der Waals surface area contributed by atoms with Gasteiger partial charge in [-0.3, -0.25) is 14.9 Å². The molecule has 1 aromatic carbocycles. The van der Waals surface area contributed by atoms with Gasteiger partial charge >= 0.3 is 5.69 Å². The monoisotopic (exact) mass is 459 g/mol. The van der Waals surface area contributed by atoms with E-state index in [-0.39, 0.29) is 23.1 Å². The summed E-state index contributed by atoms with van der Waals surface area (Å²) >= 11 is 2.86. The third-order valence-electron chi connectivity index (χ3n) is 5.15. The number of nitrogen functional groups attached to an aromatic ring is 1. The van der Waals surface area contributed by atoms with Crippen LogP contribution in [-0.4, -0.2) is 33.7 Å². The van der Waals surface area contributed by atoms with Crippen LogP contribution in [0.4, 0.5) is 17.2 Å². The zero-order valence-electron chi connectivity index (χ0n) is 17.1. The molecule has 0 aliphatic heterocycles. The number of aryl methyl sites for hydroxylation is 3. The summed E-state index contributed by atoms with van der Waals surface area (Å²) in [6, 6.07) is 2.82. The van der Waals surface area contributed by atoms with Crippen molar-refractivity contribution >= 4 is 56.4 Å². The Morgan fingerprint density at radius 3 is 2.87 bits per heavy atom. The highest BCUT2D eigenvalue weighted by Gasteiger charge is 2.21. The van der Waals surface area contributed by atoms with Gasteiger partial charge in [0.15, 0.2) is 10.9 Å². The summed E-state index contributed by atoms with van der Waals surface area (Å²) in [5.41, 5.74) is 8.37. The molecule has 3 aromatic rings. The number of carbonyl (C=O) groups is 1. The van der Waals surface area contributed by atoms with Crippen molar-refractivity contribution < 1.29 is 14.5 Å². The molecule has 0 spiro atoms. The number of anilines is 2. The number of nitro groups is 1. The van der Waals surface area contributed by atoms with Crippen LogP contribution >= 0.6 is 23.1 Å². The minimum atomic E-state index is -0.520. The second kappa shape index (κ2) is 8.67. The first-order valence-electron chi connectivity index (χ1n) is 9.70. The molecule has 1 aliphatic carbocycles. The lowest BCUT2D eigenvalue weighted by atomic mass is 9.97. The molecule has 1 amide bonds. The average molecular weight is 460 g/mol. The molecule has 9 nitrogen and oxygen atoms in total. The lowest BCUT2D eigenvalue weighted by Gasteiger charge is -2.11. The summed E-state index contributed by atoms with van der Waals surface area (Å²) < 4.78 is 5.07. The van der Waals surface area contributed by atoms with E-state index < -0.39 is 4.92 Å². The van der Waals surface area contributed by atoms with E-state index in [1.165, 1.54) is 47.9 Å². The normalized spacial score (nSPS) is 13.1. The summed E-state index contributed by atoms with van der Waals surface area (Å²) in [6.07, 6.45) is 4.40. The van der Waals surface area contributed by atoms with Crippen LogP contribution in [0.5, 0.6) is 5.75 Å². The Kier molecular flexibility index (Phi) is 5.96. The second-order valence-corrected chi connectivity index (χ2v) is 9.24. The highest BCUT2D eigenvalue weighted by atomic mass is 32.2. The van der Waals surface area contributed by atoms with Crippen LogP contribution in [0.3, 0.4) is 0 Å². The first kappa shape index (κ1) is 21.3. The standard InChI is InChI=1S/C20H21N5O4S2/c1-10-7-13(25(27)28)14(29-2)8-12(10)22-16(26)9-30-20-23-18(21)17-11-5-3-4-6-15(11)31-19(17)24-20/h7-8H,3-6,9H2,1-2H3,(H,22,26)(H2,21,23,24). The largest absolute Gasteiger partial charge is 0.490 e. The number of hydrogen-bond acceptors (Lipinski definition) is 9. The number of thiophene rings is 1. The molecule has 162 valence electrons. The molecule has 1 aliphatic rings. The summed E-state index contributed by atoms with van der Waals surface area (Å²) in [4.78, 5) is 34.3. The van der Waals surface area contributed by atoms with Crippen molar-refractivity contribution in [2.24, 2.45) is 0 Å². The maximum Gasteiger partial charge on any atom is 0.311 e. The topological polar surface area (TPSA) is 133 Å². The van der Waals surface area contributed by atoms with Crippen LogP contribution in [0, 0.1) is 17.0 Å². The number of nitrogens with one attached hydrogen (secondary N) is 1. The van der Waals surface area contributed by atoms with Crippen LogP contribution in [0.1, 0.15) is 28.8 Å². The maximum atomic E-state index is 12.5. The molecule has 2 heterocycles. The second-order valence-electron chi connectivity index (χ2n) is 7.22. The molecule has 4 rings (SSSR count). The van der Waals surface area contributed by atoms with Gasteiger partial charge in [0, 0.05) is 22.7 Å². The highest BCUT2D eigenvalue weighted by molar-refractivity contribution is 7.99. The fraction of sp³-hybridized carbons (Fsp3) is 0.350. The number of aromatic nitrogens is 2. The van der Waals surface area contributed by atoms with Gasteiger partial charge in [0.1, 0.15) is 10.6 Å². The zero-order chi connectivity index (χ0) is 22.1. The molecule has 3 N–H and O–H groups in total. The van der Waals surface area contributed by atoms with E-state index in [1.54, 1.807) is 18.3 Å². The van der Waals surface area contributed by atoms with E-state index in [1.807, 2.05) is 0 Å². The number of nitro benzene ring substituents is 1. The number of fused-ring (bicyclic) bond motifs is 3. The highest BCUT2D eigenvalue weighted by Crippen LogP contribution is 2.38. The van der Waals surface area contributed by atoms with E-state index in [4.69, 9.17) is 10.5 Å². The van der Waals surface area contributed by atoms with Crippen molar-refractivity contribution in [3.05, 3.63) is 38.3 Å². The van der Waals surface area contributed by atoms with Crippen LogP contribution in [0.2, 0.25) is 0 Å². The fourth-order valence-corrected chi connectivity index (χ4v) is 5.64. The number of ether oxygens (including phenoxy) is 1. The molecule has 0 bridgehead atoms. The van der Waals surface area contributed by atoms with Gasteiger partial charge < -0.3 is 15.8 Å². The number of nitrogens with two attached hydrogens (primary N) is 1. The van der Waals surface area contributed by atoms with Crippen molar-refractivity contribution in [3.63, 3.8) is 0 Å². The van der Waals surface area contributed by atoms with Gasteiger partial charge in [-0.15, -0.1) is 11.3 Å². The quantitative estimate of drug-likeness (QED) is 0.243. The Labute approximate surface area is 186 Å². The van der Waals surface area contributed by atoms with E-state index in [0.717, 1.165) is 29.5 Å². The fourth-order valence-electron chi connectivity index (χ4n) is 3.66. The molecular formula is C20H21N5O4S2. The lowest BCUT2D eigenvalue weighted by Crippen LogP contribution is -2.15. The molecule has 0 fully saturated rings.